The first-order valence-corrected chi connectivity index (χ1v) is 9.32. The van der Waals surface area contributed by atoms with Crippen molar-refractivity contribution >= 4 is 27.3 Å². The Kier molecular flexibility index (Phi) is 4.82. The summed E-state index contributed by atoms with van der Waals surface area (Å²) in [6, 6.07) is 3.77. The minimum atomic E-state index is -3.07. The molecule has 7 heteroatoms. The van der Waals surface area contributed by atoms with Gasteiger partial charge in [-0.15, -0.1) is 11.3 Å². The van der Waals surface area contributed by atoms with E-state index in [-0.39, 0.29) is 5.91 Å². The Morgan fingerprint density at radius 3 is 2.55 bits per heavy atom. The maximum absolute atomic E-state index is 11.9. The lowest BCUT2D eigenvalue weighted by atomic mass is 9.98. The summed E-state index contributed by atoms with van der Waals surface area (Å²) in [4.78, 5) is 13.8. The quantitative estimate of drug-likeness (QED) is 0.914. The van der Waals surface area contributed by atoms with Crippen molar-refractivity contribution in [3.8, 4) is 0 Å². The van der Waals surface area contributed by atoms with Gasteiger partial charge in [0.05, 0.1) is 11.1 Å². The van der Waals surface area contributed by atoms with E-state index in [0.717, 1.165) is 22.6 Å². The predicted molar refractivity (Wildman–Crippen MR) is 80.5 cm³/mol. The number of hydrogen-bond donors (Lipinski definition) is 1. The number of rotatable bonds is 4. The molecule has 0 aliphatic carbocycles. The molecule has 1 aliphatic rings. The van der Waals surface area contributed by atoms with Crippen molar-refractivity contribution in [3.05, 3.63) is 21.9 Å². The molecule has 1 aromatic heterocycles. The van der Waals surface area contributed by atoms with E-state index >= 15 is 0 Å². The lowest BCUT2D eigenvalue weighted by Crippen LogP contribution is -2.41. The number of hydrogen-bond acceptors (Lipinski definition) is 4. The first-order valence-electron chi connectivity index (χ1n) is 6.66. The van der Waals surface area contributed by atoms with Crippen LogP contribution in [0.3, 0.4) is 0 Å². The number of aryl methyl sites for hydroxylation is 1. The van der Waals surface area contributed by atoms with Gasteiger partial charge in [0.1, 0.15) is 0 Å². The van der Waals surface area contributed by atoms with Crippen LogP contribution in [-0.4, -0.2) is 44.5 Å². The second kappa shape index (κ2) is 6.24. The largest absolute Gasteiger partial charge is 0.351 e. The third-order valence-corrected chi connectivity index (χ3v) is 5.86. The molecule has 1 amide bonds. The van der Waals surface area contributed by atoms with Crippen molar-refractivity contribution in [1.82, 2.24) is 9.62 Å². The highest BCUT2D eigenvalue weighted by atomic mass is 32.2. The van der Waals surface area contributed by atoms with Crippen LogP contribution < -0.4 is 5.32 Å². The molecular weight excluding hydrogens is 296 g/mol. The van der Waals surface area contributed by atoms with Gasteiger partial charge in [0, 0.05) is 24.5 Å². The molecule has 112 valence electrons. The minimum Gasteiger partial charge on any atom is -0.351 e. The SMILES string of the molecule is Cc1ccc(C(=O)NCC2CCN(S(C)(=O)=O)CC2)s1. The summed E-state index contributed by atoms with van der Waals surface area (Å²) in [7, 11) is -3.07. The molecule has 1 aliphatic heterocycles. The molecule has 0 radical (unpaired) electrons. The fourth-order valence-electron chi connectivity index (χ4n) is 2.33. The van der Waals surface area contributed by atoms with E-state index in [2.05, 4.69) is 5.32 Å². The molecule has 1 aromatic rings. The van der Waals surface area contributed by atoms with Gasteiger partial charge in [0.15, 0.2) is 0 Å². The smallest absolute Gasteiger partial charge is 0.261 e. The molecule has 1 fully saturated rings. The highest BCUT2D eigenvalue weighted by Gasteiger charge is 2.25. The van der Waals surface area contributed by atoms with Gasteiger partial charge in [-0.2, -0.15) is 0 Å². The van der Waals surface area contributed by atoms with Crippen LogP contribution in [-0.2, 0) is 10.0 Å². The van der Waals surface area contributed by atoms with Crippen LogP contribution in [0.1, 0.15) is 27.4 Å². The normalized spacial score (nSPS) is 18.1. The molecule has 0 unspecified atom stereocenters. The number of nitrogens with zero attached hydrogens (tertiary/aromatic N) is 1. The monoisotopic (exact) mass is 316 g/mol. The molecule has 2 rings (SSSR count). The van der Waals surface area contributed by atoms with Crippen LogP contribution in [0.4, 0.5) is 0 Å². The Balaban J connectivity index is 1.78. The van der Waals surface area contributed by atoms with Crippen LogP contribution in [0.15, 0.2) is 12.1 Å². The first-order chi connectivity index (χ1) is 9.36. The lowest BCUT2D eigenvalue weighted by molar-refractivity contribution is 0.0945. The minimum absolute atomic E-state index is 0.0337. The van der Waals surface area contributed by atoms with Crippen molar-refractivity contribution in [2.75, 3.05) is 25.9 Å². The maximum atomic E-state index is 11.9. The Bertz CT molecular complexity index is 572. The third kappa shape index (κ3) is 4.04. The molecular formula is C13H20N2O3S2. The van der Waals surface area contributed by atoms with Crippen molar-refractivity contribution in [1.29, 1.82) is 0 Å². The molecule has 0 spiro atoms. The van der Waals surface area contributed by atoms with Crippen molar-refractivity contribution in [2.24, 2.45) is 5.92 Å². The fraction of sp³-hybridized carbons (Fsp3) is 0.615. The summed E-state index contributed by atoms with van der Waals surface area (Å²) < 4.78 is 24.3. The average molecular weight is 316 g/mol. The number of thiophene rings is 1. The molecule has 1 N–H and O–H groups in total. The number of carbonyl (C=O) groups excluding carboxylic acids is 1. The summed E-state index contributed by atoms with van der Waals surface area (Å²) >= 11 is 1.49. The van der Waals surface area contributed by atoms with Gasteiger partial charge in [-0.3, -0.25) is 4.79 Å². The van der Waals surface area contributed by atoms with E-state index in [4.69, 9.17) is 0 Å². The Morgan fingerprint density at radius 2 is 2.05 bits per heavy atom. The second-order valence-corrected chi connectivity index (χ2v) is 8.50. The molecule has 0 saturated carbocycles. The number of amides is 1. The molecule has 5 nitrogen and oxygen atoms in total. The maximum Gasteiger partial charge on any atom is 0.261 e. The first kappa shape index (κ1) is 15.5. The van der Waals surface area contributed by atoms with E-state index < -0.39 is 10.0 Å². The standard InChI is InChI=1S/C13H20N2O3S2/c1-10-3-4-12(19-10)13(16)14-9-11-5-7-15(8-6-11)20(2,17)18/h3-4,11H,5-9H2,1-2H3,(H,14,16). The van der Waals surface area contributed by atoms with Crippen LogP contribution in [0.5, 0.6) is 0 Å². The summed E-state index contributed by atoms with van der Waals surface area (Å²) in [5.74, 6) is 0.326. The number of piperidine rings is 1. The second-order valence-electron chi connectivity index (χ2n) is 5.23. The highest BCUT2D eigenvalue weighted by Crippen LogP contribution is 2.19. The molecule has 0 aromatic carbocycles. The van der Waals surface area contributed by atoms with Crippen LogP contribution in [0.25, 0.3) is 0 Å². The number of nitrogens with one attached hydrogen (secondary N) is 1. The zero-order chi connectivity index (χ0) is 14.8. The summed E-state index contributed by atoms with van der Waals surface area (Å²) in [6.07, 6.45) is 2.85. The predicted octanol–water partition coefficient (Wildman–Crippen LogP) is 1.46. The summed E-state index contributed by atoms with van der Waals surface area (Å²) in [6.45, 7) is 3.70. The van der Waals surface area contributed by atoms with E-state index in [9.17, 15) is 13.2 Å². The molecule has 0 atom stereocenters. The molecule has 20 heavy (non-hydrogen) atoms. The molecule has 0 bridgehead atoms. The Hall–Kier alpha value is -0.920. The van der Waals surface area contributed by atoms with Gasteiger partial charge < -0.3 is 5.32 Å². The summed E-state index contributed by atoms with van der Waals surface area (Å²) in [5, 5.41) is 2.94. The van der Waals surface area contributed by atoms with E-state index in [1.807, 2.05) is 19.1 Å². The van der Waals surface area contributed by atoms with Gasteiger partial charge in [-0.1, -0.05) is 0 Å². The van der Waals surface area contributed by atoms with Crippen molar-refractivity contribution < 1.29 is 13.2 Å². The van der Waals surface area contributed by atoms with Crippen molar-refractivity contribution in [2.45, 2.75) is 19.8 Å². The highest BCUT2D eigenvalue weighted by molar-refractivity contribution is 7.88. The van der Waals surface area contributed by atoms with Crippen LogP contribution in [0.2, 0.25) is 0 Å². The topological polar surface area (TPSA) is 66.5 Å². The zero-order valence-electron chi connectivity index (χ0n) is 11.8. The van der Waals surface area contributed by atoms with Crippen molar-refractivity contribution in [3.63, 3.8) is 0 Å². The number of sulfonamides is 1. The summed E-state index contributed by atoms with van der Waals surface area (Å²) in [5.41, 5.74) is 0. The average Bonchev–Trinajstić information content (AvgIpc) is 2.82. The van der Waals surface area contributed by atoms with Gasteiger partial charge in [0.2, 0.25) is 10.0 Å². The molecule has 2 heterocycles. The van der Waals surface area contributed by atoms with Gasteiger partial charge >= 0.3 is 0 Å². The van der Waals surface area contributed by atoms with E-state index in [1.54, 1.807) is 0 Å². The Morgan fingerprint density at radius 1 is 1.40 bits per heavy atom. The fourth-order valence-corrected chi connectivity index (χ4v) is 3.98. The Labute approximate surface area is 124 Å². The molecule has 1 saturated heterocycles. The zero-order valence-corrected chi connectivity index (χ0v) is 13.4. The van der Waals surface area contributed by atoms with Gasteiger partial charge in [-0.25, -0.2) is 12.7 Å². The third-order valence-electron chi connectivity index (χ3n) is 3.56. The van der Waals surface area contributed by atoms with Gasteiger partial charge in [-0.05, 0) is 37.8 Å². The van der Waals surface area contributed by atoms with Gasteiger partial charge in [0.25, 0.3) is 5.91 Å². The van der Waals surface area contributed by atoms with Crippen LogP contribution in [0, 0.1) is 12.8 Å². The number of carbonyl (C=O) groups is 1. The lowest BCUT2D eigenvalue weighted by Gasteiger charge is -2.30. The van der Waals surface area contributed by atoms with E-state index in [1.165, 1.54) is 21.9 Å². The van der Waals surface area contributed by atoms with E-state index in [0.29, 0.717) is 25.6 Å². The van der Waals surface area contributed by atoms with Crippen LogP contribution >= 0.6 is 11.3 Å².